The molecule has 2 amide bonds. The van der Waals surface area contributed by atoms with Crippen molar-refractivity contribution in [3.8, 4) is 10.6 Å². The normalized spacial score (nSPS) is 23.8. The zero-order valence-electron chi connectivity index (χ0n) is 19.2. The number of thiophene rings is 1. The molecule has 3 aromatic rings. The maximum absolute atomic E-state index is 12.9. The second-order valence-corrected chi connectivity index (χ2v) is 10.1. The van der Waals surface area contributed by atoms with Crippen LogP contribution in [0.3, 0.4) is 0 Å². The van der Waals surface area contributed by atoms with Crippen molar-refractivity contribution in [2.24, 2.45) is 5.92 Å². The molecule has 184 valence electrons. The van der Waals surface area contributed by atoms with Crippen molar-refractivity contribution in [2.45, 2.75) is 37.9 Å². The summed E-state index contributed by atoms with van der Waals surface area (Å²) in [4.78, 5) is 25.3. The summed E-state index contributed by atoms with van der Waals surface area (Å²) in [5.74, 6) is 1.55. The molecule has 1 aromatic carbocycles. The fourth-order valence-electron chi connectivity index (χ4n) is 5.18. The van der Waals surface area contributed by atoms with Gasteiger partial charge >= 0.3 is 12.2 Å². The largest absolute Gasteiger partial charge is 0.416 e. The molecule has 0 aliphatic carbocycles. The average molecular weight is 502 g/mol. The molecular weight excluding hydrogens is 475 g/mol. The minimum Gasteiger partial charge on any atom is -0.336 e. The Kier molecular flexibility index (Phi) is 6.50. The van der Waals surface area contributed by atoms with Crippen LogP contribution in [-0.2, 0) is 6.18 Å². The molecule has 0 saturated carbocycles. The van der Waals surface area contributed by atoms with E-state index < -0.39 is 17.8 Å². The number of hydrogen-bond donors (Lipinski definition) is 2. The smallest absolute Gasteiger partial charge is 0.336 e. The summed E-state index contributed by atoms with van der Waals surface area (Å²) < 4.78 is 38.7. The van der Waals surface area contributed by atoms with Gasteiger partial charge in [0.25, 0.3) is 0 Å². The Morgan fingerprint density at radius 1 is 1.20 bits per heavy atom. The van der Waals surface area contributed by atoms with Crippen LogP contribution in [0.4, 0.5) is 23.7 Å². The molecule has 2 aromatic heterocycles. The Morgan fingerprint density at radius 2 is 2.06 bits per heavy atom. The number of fused-ring (bicyclic) bond motifs is 3. The number of nitrogens with zero attached hydrogens (tertiary/aromatic N) is 3. The van der Waals surface area contributed by atoms with Crippen LogP contribution >= 0.6 is 11.3 Å². The predicted octanol–water partition coefficient (Wildman–Crippen LogP) is 5.53. The molecule has 6 nitrogen and oxygen atoms in total. The van der Waals surface area contributed by atoms with Gasteiger partial charge in [0.15, 0.2) is 0 Å². The van der Waals surface area contributed by atoms with Gasteiger partial charge in [-0.1, -0.05) is 12.1 Å². The fraction of sp³-hybridized carbons (Fsp3) is 0.400. The number of urea groups is 1. The molecule has 0 spiro atoms. The number of benzene rings is 1. The van der Waals surface area contributed by atoms with Crippen LogP contribution in [0.25, 0.3) is 10.6 Å². The molecule has 2 N–H and O–H groups in total. The van der Waals surface area contributed by atoms with Crippen molar-refractivity contribution in [3.63, 3.8) is 0 Å². The standard InChI is InChI=1S/C25H26F3N5OS/c1-15-30-21(12-22(31-15)23-6-3-9-35-23)20-14-33-8-7-16(20)10-19(33)13-29-24(34)32-18-5-2-4-17(11-18)25(26,27)28/h2-6,9,11-12,16,19-20H,7-8,10,13-14H2,1H3,(H2,29,32,34)/t16-,19+,20-/m0/s1. The number of halogens is 3. The molecule has 35 heavy (non-hydrogen) atoms. The summed E-state index contributed by atoms with van der Waals surface area (Å²) in [5.41, 5.74) is 1.36. The Hall–Kier alpha value is -2.98. The Labute approximate surface area is 205 Å². The monoisotopic (exact) mass is 501 g/mol. The lowest BCUT2D eigenvalue weighted by Gasteiger charge is -2.49. The molecule has 3 fully saturated rings. The highest BCUT2D eigenvalue weighted by molar-refractivity contribution is 7.13. The molecule has 5 heterocycles. The van der Waals surface area contributed by atoms with Gasteiger partial charge in [-0.05, 0) is 67.9 Å². The van der Waals surface area contributed by atoms with Crippen LogP contribution in [0.15, 0.2) is 47.8 Å². The van der Waals surface area contributed by atoms with Gasteiger partial charge in [-0.2, -0.15) is 13.2 Å². The van der Waals surface area contributed by atoms with Crippen molar-refractivity contribution < 1.29 is 18.0 Å². The number of anilines is 1. The Balaban J connectivity index is 1.20. The maximum Gasteiger partial charge on any atom is 0.416 e. The lowest BCUT2D eigenvalue weighted by Crippen LogP contribution is -2.56. The molecule has 4 atom stereocenters. The van der Waals surface area contributed by atoms with Crippen molar-refractivity contribution in [3.05, 3.63) is 64.9 Å². The van der Waals surface area contributed by atoms with E-state index in [-0.39, 0.29) is 11.7 Å². The van der Waals surface area contributed by atoms with Gasteiger partial charge in [-0.3, -0.25) is 4.90 Å². The summed E-state index contributed by atoms with van der Waals surface area (Å²) in [6.07, 6.45) is -2.44. The lowest BCUT2D eigenvalue weighted by atomic mass is 9.74. The van der Waals surface area contributed by atoms with E-state index in [0.717, 1.165) is 60.2 Å². The number of alkyl halides is 3. The van der Waals surface area contributed by atoms with Crippen molar-refractivity contribution in [2.75, 3.05) is 25.0 Å². The molecule has 10 heteroatoms. The second-order valence-electron chi connectivity index (χ2n) is 9.16. The number of carbonyl (C=O) groups excluding carboxylic acids is 1. The molecule has 3 aliphatic rings. The first-order valence-electron chi connectivity index (χ1n) is 11.6. The van der Waals surface area contributed by atoms with Crippen LogP contribution in [-0.4, -0.2) is 46.6 Å². The van der Waals surface area contributed by atoms with Crippen molar-refractivity contribution in [1.29, 1.82) is 0 Å². The van der Waals surface area contributed by atoms with E-state index in [4.69, 9.17) is 4.98 Å². The number of piperidine rings is 3. The van der Waals surface area contributed by atoms with Crippen molar-refractivity contribution in [1.82, 2.24) is 20.2 Å². The third kappa shape index (κ3) is 5.33. The molecule has 0 radical (unpaired) electrons. The third-order valence-electron chi connectivity index (χ3n) is 6.84. The van der Waals surface area contributed by atoms with Gasteiger partial charge < -0.3 is 10.6 Å². The number of aryl methyl sites for hydroxylation is 1. The first kappa shape index (κ1) is 23.7. The van der Waals surface area contributed by atoms with Gasteiger partial charge in [0.2, 0.25) is 0 Å². The van der Waals surface area contributed by atoms with Crippen LogP contribution in [0, 0.1) is 12.8 Å². The van der Waals surface area contributed by atoms with Crippen LogP contribution in [0.5, 0.6) is 0 Å². The Bertz CT molecular complexity index is 1200. The third-order valence-corrected chi connectivity index (χ3v) is 7.73. The Morgan fingerprint density at radius 3 is 2.77 bits per heavy atom. The van der Waals surface area contributed by atoms with E-state index in [0.29, 0.717) is 18.4 Å². The SMILES string of the molecule is Cc1nc(-c2cccs2)cc([C@H]2CN3CC[C@H]2C[C@@H]3CNC(=O)Nc2cccc(C(F)(F)F)c2)n1. The molecule has 3 aliphatic heterocycles. The number of aromatic nitrogens is 2. The first-order valence-corrected chi connectivity index (χ1v) is 12.5. The molecule has 2 bridgehead atoms. The number of hydrogen-bond acceptors (Lipinski definition) is 5. The number of carbonyl (C=O) groups is 1. The lowest BCUT2D eigenvalue weighted by molar-refractivity contribution is -0.137. The van der Waals surface area contributed by atoms with E-state index in [2.05, 4.69) is 32.7 Å². The summed E-state index contributed by atoms with van der Waals surface area (Å²) in [6, 6.07) is 10.5. The molecular formula is C25H26F3N5OS. The number of nitrogens with one attached hydrogen (secondary N) is 2. The summed E-state index contributed by atoms with van der Waals surface area (Å²) in [6.45, 7) is 4.20. The van der Waals surface area contributed by atoms with E-state index in [1.807, 2.05) is 18.4 Å². The van der Waals surface area contributed by atoms with Gasteiger partial charge in [-0.15, -0.1) is 11.3 Å². The summed E-state index contributed by atoms with van der Waals surface area (Å²) in [7, 11) is 0. The van der Waals surface area contributed by atoms with E-state index in [9.17, 15) is 18.0 Å². The quantitative estimate of drug-likeness (QED) is 0.482. The number of rotatable bonds is 5. The summed E-state index contributed by atoms with van der Waals surface area (Å²) in [5, 5.41) is 7.40. The first-order chi connectivity index (χ1) is 16.8. The molecule has 6 rings (SSSR count). The van der Waals surface area contributed by atoms with Gasteiger partial charge in [0.1, 0.15) is 5.82 Å². The van der Waals surface area contributed by atoms with Gasteiger partial charge in [0, 0.05) is 36.4 Å². The fourth-order valence-corrected chi connectivity index (χ4v) is 5.86. The topological polar surface area (TPSA) is 70.2 Å². The van der Waals surface area contributed by atoms with Gasteiger partial charge in [-0.25, -0.2) is 14.8 Å². The van der Waals surface area contributed by atoms with Crippen LogP contribution in [0.2, 0.25) is 0 Å². The highest BCUT2D eigenvalue weighted by Crippen LogP contribution is 2.42. The van der Waals surface area contributed by atoms with E-state index in [1.54, 1.807) is 11.3 Å². The van der Waals surface area contributed by atoms with Crippen LogP contribution < -0.4 is 10.6 Å². The van der Waals surface area contributed by atoms with Gasteiger partial charge in [0.05, 0.1) is 16.1 Å². The predicted molar refractivity (Wildman–Crippen MR) is 129 cm³/mol. The zero-order valence-corrected chi connectivity index (χ0v) is 20.0. The van der Waals surface area contributed by atoms with Crippen molar-refractivity contribution >= 4 is 23.1 Å². The second kappa shape index (κ2) is 9.58. The molecule has 3 saturated heterocycles. The highest BCUT2D eigenvalue weighted by atomic mass is 32.1. The molecule has 1 unspecified atom stereocenters. The zero-order chi connectivity index (χ0) is 24.6. The minimum atomic E-state index is -4.45. The van der Waals surface area contributed by atoms with E-state index >= 15 is 0 Å². The average Bonchev–Trinajstić information content (AvgIpc) is 3.38. The summed E-state index contributed by atoms with van der Waals surface area (Å²) >= 11 is 1.66. The minimum absolute atomic E-state index is 0.114. The number of amides is 2. The maximum atomic E-state index is 12.9. The van der Waals surface area contributed by atoms with Crippen LogP contribution in [0.1, 0.15) is 35.8 Å². The van der Waals surface area contributed by atoms with E-state index in [1.165, 1.54) is 12.1 Å². The highest BCUT2D eigenvalue weighted by Gasteiger charge is 2.41.